The number of halogens is 1. The van der Waals surface area contributed by atoms with Crippen LogP contribution in [0.3, 0.4) is 0 Å². The molecule has 0 aliphatic carbocycles. The average molecular weight is 560 g/mol. The molecule has 13 heteroatoms. The third kappa shape index (κ3) is 6.48. The van der Waals surface area contributed by atoms with Crippen molar-refractivity contribution in [2.45, 2.75) is 30.9 Å². The molecule has 0 saturated carbocycles. The third-order valence-electron chi connectivity index (χ3n) is 5.93. The average Bonchev–Trinajstić information content (AvgIpc) is 2.80. The molecule has 0 radical (unpaired) electrons. The van der Waals surface area contributed by atoms with Gasteiger partial charge in [-0.05, 0) is 49.4 Å². The van der Waals surface area contributed by atoms with Crippen molar-refractivity contribution in [1.29, 1.82) is 0 Å². The Bertz CT molecular complexity index is 1320. The second kappa shape index (κ2) is 10.9. The Balaban J connectivity index is 1.99. The molecular weight excluding hydrogens is 530 g/mol. The first-order valence-corrected chi connectivity index (χ1v) is 14.9. The SMILES string of the molecule is C[C@H]1CN([C@@H](C)CO)C(=O)c2cc(NS(C)(=O)=O)ccc2O[C@@H]1CN(C)S(=O)(=O)c1ccc(Cl)cc1. The molecule has 2 N–H and O–H groups in total. The highest BCUT2D eigenvalue weighted by atomic mass is 35.5. The molecule has 1 amide bonds. The van der Waals surface area contributed by atoms with Crippen LogP contribution < -0.4 is 9.46 Å². The number of rotatable bonds is 8. The highest BCUT2D eigenvalue weighted by Gasteiger charge is 2.35. The van der Waals surface area contributed by atoms with E-state index in [0.29, 0.717) is 5.02 Å². The Hall–Kier alpha value is -2.38. The van der Waals surface area contributed by atoms with Crippen LogP contribution >= 0.6 is 11.6 Å². The Morgan fingerprint density at radius 2 is 1.83 bits per heavy atom. The highest BCUT2D eigenvalue weighted by molar-refractivity contribution is 7.92. The van der Waals surface area contributed by atoms with Gasteiger partial charge in [0.2, 0.25) is 20.0 Å². The molecule has 2 aromatic carbocycles. The van der Waals surface area contributed by atoms with E-state index in [4.69, 9.17) is 16.3 Å². The Morgan fingerprint density at radius 3 is 2.42 bits per heavy atom. The van der Waals surface area contributed by atoms with Crippen molar-refractivity contribution in [3.8, 4) is 5.75 Å². The normalized spacial score (nSPS) is 19.8. The van der Waals surface area contributed by atoms with Crippen LogP contribution in [0, 0.1) is 5.92 Å². The van der Waals surface area contributed by atoms with Gasteiger partial charge in [-0.25, -0.2) is 16.8 Å². The van der Waals surface area contributed by atoms with Crippen molar-refractivity contribution >= 4 is 43.2 Å². The van der Waals surface area contributed by atoms with Crippen LogP contribution in [-0.2, 0) is 20.0 Å². The zero-order chi connectivity index (χ0) is 26.8. The van der Waals surface area contributed by atoms with Crippen molar-refractivity contribution in [3.05, 3.63) is 53.1 Å². The van der Waals surface area contributed by atoms with Gasteiger partial charge in [-0.2, -0.15) is 4.31 Å². The molecule has 1 aliphatic heterocycles. The number of aliphatic hydroxyl groups excluding tert-OH is 1. The molecule has 0 fully saturated rings. The third-order valence-corrected chi connectivity index (χ3v) is 8.62. The van der Waals surface area contributed by atoms with Gasteiger partial charge in [-0.15, -0.1) is 0 Å². The minimum absolute atomic E-state index is 0.0234. The molecule has 0 bridgehead atoms. The number of carbonyl (C=O) groups excluding carboxylic acids is 1. The quantitative estimate of drug-likeness (QED) is 0.506. The van der Waals surface area contributed by atoms with Gasteiger partial charge in [0.1, 0.15) is 11.9 Å². The zero-order valence-corrected chi connectivity index (χ0v) is 22.8. The van der Waals surface area contributed by atoms with E-state index in [0.717, 1.165) is 6.26 Å². The molecule has 0 aromatic heterocycles. The largest absolute Gasteiger partial charge is 0.488 e. The van der Waals surface area contributed by atoms with Crippen molar-refractivity contribution in [2.75, 3.05) is 37.7 Å². The van der Waals surface area contributed by atoms with E-state index >= 15 is 0 Å². The number of benzene rings is 2. The first kappa shape index (κ1) is 28.2. The van der Waals surface area contributed by atoms with Crippen LogP contribution in [0.25, 0.3) is 0 Å². The summed E-state index contributed by atoms with van der Waals surface area (Å²) >= 11 is 5.89. The second-order valence-electron chi connectivity index (χ2n) is 8.95. The van der Waals surface area contributed by atoms with Crippen molar-refractivity contribution in [2.24, 2.45) is 5.92 Å². The lowest BCUT2D eigenvalue weighted by Crippen LogP contribution is -2.50. The first-order chi connectivity index (χ1) is 16.7. The molecule has 198 valence electrons. The topological polar surface area (TPSA) is 133 Å². The summed E-state index contributed by atoms with van der Waals surface area (Å²) in [5.74, 6) is -0.563. The first-order valence-electron chi connectivity index (χ1n) is 11.1. The van der Waals surface area contributed by atoms with Gasteiger partial charge in [0.25, 0.3) is 5.91 Å². The van der Waals surface area contributed by atoms with Crippen LogP contribution in [0.5, 0.6) is 5.75 Å². The molecule has 0 unspecified atom stereocenters. The Labute approximate surface area is 216 Å². The van der Waals surface area contributed by atoms with Gasteiger partial charge < -0.3 is 14.7 Å². The van der Waals surface area contributed by atoms with Gasteiger partial charge in [0.05, 0.1) is 35.9 Å². The number of nitrogens with one attached hydrogen (secondary N) is 1. The number of amides is 1. The van der Waals surface area contributed by atoms with E-state index in [9.17, 15) is 26.7 Å². The summed E-state index contributed by atoms with van der Waals surface area (Å²) in [5.41, 5.74) is 0.279. The molecule has 1 aliphatic rings. The number of hydrogen-bond donors (Lipinski definition) is 2. The number of likely N-dealkylation sites (N-methyl/N-ethyl adjacent to an activating group) is 1. The fraction of sp³-hybridized carbons (Fsp3) is 0.435. The van der Waals surface area contributed by atoms with Gasteiger partial charge in [-0.3, -0.25) is 9.52 Å². The van der Waals surface area contributed by atoms with E-state index < -0.39 is 38.1 Å². The predicted octanol–water partition coefficient (Wildman–Crippen LogP) is 2.25. The number of fused-ring (bicyclic) bond motifs is 1. The maximum Gasteiger partial charge on any atom is 0.258 e. The maximum atomic E-state index is 13.4. The van der Waals surface area contributed by atoms with Gasteiger partial charge in [0.15, 0.2) is 0 Å². The van der Waals surface area contributed by atoms with Crippen LogP contribution in [0.4, 0.5) is 5.69 Å². The van der Waals surface area contributed by atoms with E-state index in [1.807, 2.05) is 6.92 Å². The van der Waals surface area contributed by atoms with Crippen LogP contribution in [0.2, 0.25) is 5.02 Å². The number of carbonyl (C=O) groups is 1. The fourth-order valence-corrected chi connectivity index (χ4v) is 5.72. The summed E-state index contributed by atoms with van der Waals surface area (Å²) in [6.45, 7) is 3.40. The second-order valence-corrected chi connectivity index (χ2v) is 13.2. The predicted molar refractivity (Wildman–Crippen MR) is 137 cm³/mol. The van der Waals surface area contributed by atoms with Crippen molar-refractivity contribution in [3.63, 3.8) is 0 Å². The molecule has 2 aromatic rings. The van der Waals surface area contributed by atoms with Gasteiger partial charge in [0, 0.05) is 30.2 Å². The molecule has 3 atom stereocenters. The highest BCUT2D eigenvalue weighted by Crippen LogP contribution is 2.31. The smallest absolute Gasteiger partial charge is 0.258 e. The number of hydrogen-bond acceptors (Lipinski definition) is 7. The van der Waals surface area contributed by atoms with E-state index in [2.05, 4.69) is 4.72 Å². The summed E-state index contributed by atoms with van der Waals surface area (Å²) in [4.78, 5) is 15.0. The molecule has 36 heavy (non-hydrogen) atoms. The standard InChI is InChI=1S/C23H30ClN3O7S2/c1-15-12-27(16(2)14-28)23(29)20-11-18(25-35(4,30)31)7-10-21(20)34-22(15)13-26(3)36(32,33)19-8-5-17(24)6-9-19/h5-11,15-16,22,25,28H,12-14H2,1-4H3/t15-,16-,22+/m0/s1. The molecule has 3 rings (SSSR count). The molecule has 0 spiro atoms. The summed E-state index contributed by atoms with van der Waals surface area (Å²) in [7, 11) is -6.00. The van der Waals surface area contributed by atoms with Crippen LogP contribution in [0.1, 0.15) is 24.2 Å². The van der Waals surface area contributed by atoms with Crippen LogP contribution in [-0.4, -0.2) is 82.2 Å². The number of anilines is 1. The maximum absolute atomic E-state index is 13.4. The number of aliphatic hydroxyl groups is 1. The Kier molecular flexibility index (Phi) is 8.56. The lowest BCUT2D eigenvalue weighted by atomic mass is 9.99. The molecule has 1 heterocycles. The molecule has 10 nitrogen and oxygen atoms in total. The minimum Gasteiger partial charge on any atom is -0.488 e. The number of ether oxygens (including phenoxy) is 1. The lowest BCUT2D eigenvalue weighted by molar-refractivity contribution is 0.0387. The van der Waals surface area contributed by atoms with E-state index in [-0.39, 0.29) is 47.5 Å². The molecular formula is C23H30ClN3O7S2. The van der Waals surface area contributed by atoms with Crippen molar-refractivity contribution < 1.29 is 31.5 Å². The van der Waals surface area contributed by atoms with E-state index in [1.54, 1.807) is 6.92 Å². The summed E-state index contributed by atoms with van der Waals surface area (Å²) < 4.78 is 59.4. The van der Waals surface area contributed by atoms with E-state index in [1.165, 1.54) is 58.7 Å². The van der Waals surface area contributed by atoms with Gasteiger partial charge >= 0.3 is 0 Å². The van der Waals surface area contributed by atoms with Crippen LogP contribution in [0.15, 0.2) is 47.4 Å². The monoisotopic (exact) mass is 559 g/mol. The van der Waals surface area contributed by atoms with Crippen molar-refractivity contribution in [1.82, 2.24) is 9.21 Å². The lowest BCUT2D eigenvalue weighted by Gasteiger charge is -2.38. The Morgan fingerprint density at radius 1 is 1.19 bits per heavy atom. The summed E-state index contributed by atoms with van der Waals surface area (Å²) in [6.07, 6.45) is 0.336. The summed E-state index contributed by atoms with van der Waals surface area (Å²) in [5, 5.41) is 10.2. The fourth-order valence-electron chi connectivity index (χ4n) is 3.86. The minimum atomic E-state index is -3.85. The molecule has 0 saturated heterocycles. The number of nitrogens with zero attached hydrogens (tertiary/aromatic N) is 2. The van der Waals surface area contributed by atoms with Gasteiger partial charge in [-0.1, -0.05) is 18.5 Å². The number of sulfonamides is 2. The summed E-state index contributed by atoms with van der Waals surface area (Å²) in [6, 6.07) is 9.61. The zero-order valence-electron chi connectivity index (χ0n) is 20.4.